The summed E-state index contributed by atoms with van der Waals surface area (Å²) in [6, 6.07) is 10.8. The molecule has 0 saturated heterocycles. The van der Waals surface area contributed by atoms with Gasteiger partial charge in [-0.3, -0.25) is 0 Å². The Morgan fingerprint density at radius 1 is 0.931 bits per heavy atom. The molecule has 4 nitrogen and oxygen atoms in total. The normalized spacial score (nSPS) is 13.8. The highest BCUT2D eigenvalue weighted by atomic mass is 35.5. The predicted octanol–water partition coefficient (Wildman–Crippen LogP) is 5.01. The van der Waals surface area contributed by atoms with Gasteiger partial charge in [0.2, 0.25) is 0 Å². The SMILES string of the molecule is CC(C)(c1ccc(OC[C@H](O)CF)cc1)c1cc(Cl)c(OC[C@H](O)CCl)c(Cl)c1. The van der Waals surface area contributed by atoms with Gasteiger partial charge < -0.3 is 19.7 Å². The summed E-state index contributed by atoms with van der Waals surface area (Å²) in [5.74, 6) is 0.884. The van der Waals surface area contributed by atoms with Crippen molar-refractivity contribution in [1.29, 1.82) is 0 Å². The highest BCUT2D eigenvalue weighted by Gasteiger charge is 2.26. The topological polar surface area (TPSA) is 58.9 Å². The Morgan fingerprint density at radius 3 is 2.00 bits per heavy atom. The fourth-order valence-corrected chi connectivity index (χ4v) is 3.34. The van der Waals surface area contributed by atoms with E-state index in [2.05, 4.69) is 0 Å². The number of rotatable bonds is 10. The molecule has 0 aromatic heterocycles. The van der Waals surface area contributed by atoms with Crippen molar-refractivity contribution in [3.63, 3.8) is 0 Å². The quantitative estimate of drug-likeness (QED) is 0.484. The number of halogens is 4. The first-order chi connectivity index (χ1) is 13.7. The molecule has 0 amide bonds. The van der Waals surface area contributed by atoms with Gasteiger partial charge >= 0.3 is 0 Å². The number of hydrogen-bond acceptors (Lipinski definition) is 4. The lowest BCUT2D eigenvalue weighted by atomic mass is 9.78. The molecule has 2 atom stereocenters. The van der Waals surface area contributed by atoms with Crippen molar-refractivity contribution in [2.45, 2.75) is 31.5 Å². The summed E-state index contributed by atoms with van der Waals surface area (Å²) in [7, 11) is 0. The fraction of sp³-hybridized carbons (Fsp3) is 0.429. The third-order valence-corrected chi connectivity index (χ3v) is 5.43. The van der Waals surface area contributed by atoms with Gasteiger partial charge in [0, 0.05) is 5.41 Å². The highest BCUT2D eigenvalue weighted by molar-refractivity contribution is 6.37. The predicted molar refractivity (Wildman–Crippen MR) is 115 cm³/mol. The van der Waals surface area contributed by atoms with Crippen molar-refractivity contribution >= 4 is 34.8 Å². The molecular weight excluding hydrogens is 442 g/mol. The lowest BCUT2D eigenvalue weighted by Gasteiger charge is -2.27. The first-order valence-corrected chi connectivity index (χ1v) is 10.3. The number of benzene rings is 2. The summed E-state index contributed by atoms with van der Waals surface area (Å²) in [5, 5.41) is 19.5. The first kappa shape index (κ1) is 24.0. The molecule has 0 spiro atoms. The van der Waals surface area contributed by atoms with E-state index in [1.807, 2.05) is 26.0 Å². The third-order valence-electron chi connectivity index (χ3n) is 4.51. The molecule has 0 bridgehead atoms. The Bertz CT molecular complexity index is 776. The summed E-state index contributed by atoms with van der Waals surface area (Å²) in [6.45, 7) is 3.08. The Morgan fingerprint density at radius 2 is 1.48 bits per heavy atom. The molecule has 0 heterocycles. The van der Waals surface area contributed by atoms with Crippen molar-refractivity contribution in [2.24, 2.45) is 0 Å². The second-order valence-corrected chi connectivity index (χ2v) is 8.28. The van der Waals surface area contributed by atoms with Gasteiger partial charge in [-0.05, 0) is 35.4 Å². The van der Waals surface area contributed by atoms with Gasteiger partial charge in [0.05, 0.1) is 15.9 Å². The van der Waals surface area contributed by atoms with E-state index in [0.717, 1.165) is 11.1 Å². The van der Waals surface area contributed by atoms with Crippen LogP contribution in [0.15, 0.2) is 36.4 Å². The van der Waals surface area contributed by atoms with Crippen LogP contribution < -0.4 is 9.47 Å². The Labute approximate surface area is 185 Å². The number of ether oxygens (including phenoxy) is 2. The van der Waals surface area contributed by atoms with Gasteiger partial charge in [0.15, 0.2) is 5.75 Å². The maximum Gasteiger partial charge on any atom is 0.156 e. The average Bonchev–Trinajstić information content (AvgIpc) is 2.71. The van der Waals surface area contributed by atoms with Crippen LogP contribution in [0.4, 0.5) is 4.39 Å². The monoisotopic (exact) mass is 464 g/mol. The van der Waals surface area contributed by atoms with Gasteiger partial charge in [-0.25, -0.2) is 4.39 Å². The maximum absolute atomic E-state index is 12.3. The van der Waals surface area contributed by atoms with Gasteiger partial charge in [-0.15, -0.1) is 11.6 Å². The first-order valence-electron chi connectivity index (χ1n) is 9.02. The van der Waals surface area contributed by atoms with Gasteiger partial charge in [0.1, 0.15) is 37.8 Å². The van der Waals surface area contributed by atoms with Crippen LogP contribution in [0.1, 0.15) is 25.0 Å². The van der Waals surface area contributed by atoms with Crippen LogP contribution in [-0.4, -0.2) is 48.2 Å². The maximum atomic E-state index is 12.3. The average molecular weight is 466 g/mol. The minimum absolute atomic E-state index is 0.00968. The lowest BCUT2D eigenvalue weighted by Crippen LogP contribution is -2.21. The summed E-state index contributed by atoms with van der Waals surface area (Å²) in [5.41, 5.74) is 1.42. The Balaban J connectivity index is 2.19. The summed E-state index contributed by atoms with van der Waals surface area (Å²) < 4.78 is 23.2. The molecule has 0 aliphatic rings. The molecule has 2 N–H and O–H groups in total. The van der Waals surface area contributed by atoms with E-state index in [1.54, 1.807) is 24.3 Å². The van der Waals surface area contributed by atoms with Crippen LogP contribution in [0.25, 0.3) is 0 Å². The Kier molecular flexibility index (Phi) is 8.86. The molecule has 160 valence electrons. The standard InChI is InChI=1S/C21H24Cl3FO4/c1-21(2,13-3-5-17(6-4-13)28-12-16(27)10-25)14-7-18(23)20(19(24)8-14)29-11-15(26)9-22/h3-8,15-16,26-27H,9-12H2,1-2H3/t15-,16-/m1/s1. The molecule has 29 heavy (non-hydrogen) atoms. The van der Waals surface area contributed by atoms with Crippen molar-refractivity contribution in [3.05, 3.63) is 57.6 Å². The number of hydrogen-bond donors (Lipinski definition) is 2. The van der Waals surface area contributed by atoms with Gasteiger partial charge in [0.25, 0.3) is 0 Å². The summed E-state index contributed by atoms with van der Waals surface area (Å²) in [4.78, 5) is 0. The van der Waals surface area contributed by atoms with E-state index in [9.17, 15) is 14.6 Å². The molecule has 0 aliphatic carbocycles. The zero-order valence-electron chi connectivity index (χ0n) is 16.2. The molecule has 0 radical (unpaired) electrons. The van der Waals surface area contributed by atoms with Gasteiger partial charge in [-0.1, -0.05) is 49.2 Å². The van der Waals surface area contributed by atoms with E-state index in [-0.39, 0.29) is 19.1 Å². The smallest absolute Gasteiger partial charge is 0.156 e. The second kappa shape index (κ2) is 10.7. The zero-order valence-corrected chi connectivity index (χ0v) is 18.4. The Hall–Kier alpha value is -1.24. The minimum atomic E-state index is -1.14. The van der Waals surface area contributed by atoms with Crippen LogP contribution in [0.3, 0.4) is 0 Å². The van der Waals surface area contributed by atoms with E-state index in [0.29, 0.717) is 21.5 Å². The minimum Gasteiger partial charge on any atom is -0.491 e. The van der Waals surface area contributed by atoms with Crippen LogP contribution in [-0.2, 0) is 5.41 Å². The molecule has 0 unspecified atom stereocenters. The lowest BCUT2D eigenvalue weighted by molar-refractivity contribution is 0.0842. The summed E-state index contributed by atoms with van der Waals surface area (Å²) in [6.07, 6.45) is -1.95. The molecular formula is C21H24Cl3FO4. The third kappa shape index (κ3) is 6.37. The molecule has 2 aromatic rings. The van der Waals surface area contributed by atoms with Crippen LogP contribution in [0, 0.1) is 0 Å². The van der Waals surface area contributed by atoms with Crippen molar-refractivity contribution < 1.29 is 24.1 Å². The molecule has 8 heteroatoms. The molecule has 0 saturated carbocycles. The zero-order chi connectivity index (χ0) is 21.6. The van der Waals surface area contributed by atoms with Gasteiger partial charge in [-0.2, -0.15) is 0 Å². The number of alkyl halides is 2. The van der Waals surface area contributed by atoms with E-state index < -0.39 is 24.3 Å². The van der Waals surface area contributed by atoms with E-state index in [1.165, 1.54) is 0 Å². The largest absolute Gasteiger partial charge is 0.491 e. The van der Waals surface area contributed by atoms with Crippen LogP contribution in [0.2, 0.25) is 10.0 Å². The number of aliphatic hydroxyl groups excluding tert-OH is 2. The van der Waals surface area contributed by atoms with Crippen LogP contribution in [0.5, 0.6) is 11.5 Å². The van der Waals surface area contributed by atoms with Crippen molar-refractivity contribution in [1.82, 2.24) is 0 Å². The molecule has 2 rings (SSSR count). The second-order valence-electron chi connectivity index (χ2n) is 7.16. The van der Waals surface area contributed by atoms with Crippen molar-refractivity contribution in [2.75, 3.05) is 25.8 Å². The fourth-order valence-electron chi connectivity index (χ4n) is 2.65. The summed E-state index contributed by atoms with van der Waals surface area (Å²) >= 11 is 18.3. The van der Waals surface area contributed by atoms with Crippen LogP contribution >= 0.6 is 34.8 Å². The van der Waals surface area contributed by atoms with Crippen molar-refractivity contribution in [3.8, 4) is 11.5 Å². The molecule has 0 aliphatic heterocycles. The highest BCUT2D eigenvalue weighted by Crippen LogP contribution is 2.40. The van der Waals surface area contributed by atoms with E-state index >= 15 is 0 Å². The molecule has 2 aromatic carbocycles. The number of aliphatic hydroxyl groups is 2. The molecule has 0 fully saturated rings. The van der Waals surface area contributed by atoms with E-state index in [4.69, 9.17) is 44.3 Å².